The van der Waals surface area contributed by atoms with E-state index in [4.69, 9.17) is 21.1 Å². The maximum Gasteiger partial charge on any atom is 0.253 e. The number of hydrogen-bond donors (Lipinski definition) is 1. The molecule has 0 bridgehead atoms. The van der Waals surface area contributed by atoms with E-state index >= 15 is 0 Å². The number of halogens is 1. The van der Waals surface area contributed by atoms with Gasteiger partial charge in [0.2, 0.25) is 0 Å². The minimum Gasteiger partial charge on any atom is -0.490 e. The Labute approximate surface area is 208 Å². The summed E-state index contributed by atoms with van der Waals surface area (Å²) in [7, 11) is 0. The largest absolute Gasteiger partial charge is 0.490 e. The minimum atomic E-state index is -0.402. The number of hydrogen-bond acceptors (Lipinski definition) is 7. The molecule has 34 heavy (non-hydrogen) atoms. The maximum atomic E-state index is 12.4. The van der Waals surface area contributed by atoms with Crippen molar-refractivity contribution in [3.05, 3.63) is 76.1 Å². The number of ether oxygens (including phenoxy) is 2. The number of thioether (sulfide) groups is 1. The number of carbonyl (C=O) groups excluding carboxylic acids is 1. The van der Waals surface area contributed by atoms with Crippen molar-refractivity contribution in [2.24, 2.45) is 5.10 Å². The molecule has 1 unspecified atom stereocenters. The highest BCUT2D eigenvalue weighted by Gasteiger charge is 2.16. The summed E-state index contributed by atoms with van der Waals surface area (Å²) in [4.78, 5) is 21.1. The Morgan fingerprint density at radius 2 is 1.79 bits per heavy atom. The fraction of sp³-hybridized carbons (Fsp3) is 0.280. The van der Waals surface area contributed by atoms with Crippen LogP contribution in [0.3, 0.4) is 0 Å². The highest BCUT2D eigenvalue weighted by molar-refractivity contribution is 8.00. The van der Waals surface area contributed by atoms with Crippen LogP contribution in [0.5, 0.6) is 11.5 Å². The van der Waals surface area contributed by atoms with Gasteiger partial charge < -0.3 is 9.47 Å². The van der Waals surface area contributed by atoms with Crippen LogP contribution in [0.1, 0.15) is 36.4 Å². The first-order valence-electron chi connectivity index (χ1n) is 10.8. The van der Waals surface area contributed by atoms with Crippen molar-refractivity contribution >= 4 is 35.5 Å². The van der Waals surface area contributed by atoms with Crippen LogP contribution in [-0.2, 0) is 11.4 Å². The van der Waals surface area contributed by atoms with Crippen LogP contribution in [0, 0.1) is 13.8 Å². The predicted molar refractivity (Wildman–Crippen MR) is 136 cm³/mol. The van der Waals surface area contributed by atoms with Gasteiger partial charge in [-0.1, -0.05) is 35.5 Å². The number of nitrogens with zero attached hydrogens (tertiary/aromatic N) is 3. The van der Waals surface area contributed by atoms with Gasteiger partial charge in [0, 0.05) is 16.4 Å². The average Bonchev–Trinajstić information content (AvgIpc) is 2.79. The normalized spacial score (nSPS) is 11.9. The molecule has 1 amide bonds. The van der Waals surface area contributed by atoms with Crippen molar-refractivity contribution in [3.8, 4) is 11.5 Å². The number of benzene rings is 2. The van der Waals surface area contributed by atoms with Gasteiger partial charge in [0.25, 0.3) is 5.91 Å². The Kier molecular flexibility index (Phi) is 9.30. The quantitative estimate of drug-likeness (QED) is 0.175. The van der Waals surface area contributed by atoms with Gasteiger partial charge in [0.1, 0.15) is 6.61 Å². The number of amides is 1. The molecule has 0 saturated carbocycles. The van der Waals surface area contributed by atoms with E-state index in [2.05, 4.69) is 20.5 Å². The molecule has 0 fully saturated rings. The lowest BCUT2D eigenvalue weighted by Crippen LogP contribution is -2.27. The standard InChI is InChI=1S/C25H27ClN4O3S/c1-5-32-23-13-20(8-11-22(23)33-15-19-6-9-21(26)10-7-19)14-27-30-24(31)18(4)34-25-28-16(2)12-17(3)29-25/h6-14,18H,5,15H2,1-4H3,(H,30,31). The maximum absolute atomic E-state index is 12.4. The fourth-order valence-corrected chi connectivity index (χ4v) is 3.95. The Hall–Kier alpha value is -3.10. The van der Waals surface area contributed by atoms with E-state index in [0.717, 1.165) is 22.5 Å². The van der Waals surface area contributed by atoms with E-state index < -0.39 is 5.25 Å². The van der Waals surface area contributed by atoms with Crippen molar-refractivity contribution in [3.63, 3.8) is 0 Å². The molecular weight excluding hydrogens is 472 g/mol. The SMILES string of the molecule is CCOc1cc(C=NNC(=O)C(C)Sc2nc(C)cc(C)n2)ccc1OCc1ccc(Cl)cc1. The smallest absolute Gasteiger partial charge is 0.253 e. The zero-order valence-corrected chi connectivity index (χ0v) is 21.1. The highest BCUT2D eigenvalue weighted by atomic mass is 35.5. The fourth-order valence-electron chi connectivity index (χ4n) is 2.95. The van der Waals surface area contributed by atoms with Gasteiger partial charge in [-0.2, -0.15) is 5.10 Å². The Bertz CT molecular complexity index is 1140. The second-order valence-electron chi connectivity index (χ2n) is 7.48. The number of nitrogens with one attached hydrogen (secondary N) is 1. The molecule has 9 heteroatoms. The van der Waals surface area contributed by atoms with Crippen molar-refractivity contribution in [1.29, 1.82) is 0 Å². The Morgan fingerprint density at radius 1 is 1.09 bits per heavy atom. The summed E-state index contributed by atoms with van der Waals surface area (Å²) in [5, 5.41) is 4.93. The second-order valence-corrected chi connectivity index (χ2v) is 9.23. The molecule has 1 atom stereocenters. The molecule has 3 aromatic rings. The van der Waals surface area contributed by atoms with Crippen LogP contribution in [0.15, 0.2) is 58.8 Å². The van der Waals surface area contributed by atoms with Gasteiger partial charge >= 0.3 is 0 Å². The van der Waals surface area contributed by atoms with Gasteiger partial charge in [-0.25, -0.2) is 15.4 Å². The van der Waals surface area contributed by atoms with Crippen LogP contribution < -0.4 is 14.9 Å². The van der Waals surface area contributed by atoms with Crippen molar-refractivity contribution in [1.82, 2.24) is 15.4 Å². The number of aryl methyl sites for hydroxylation is 2. The van der Waals surface area contributed by atoms with Crippen molar-refractivity contribution in [2.75, 3.05) is 6.61 Å². The highest BCUT2D eigenvalue weighted by Crippen LogP contribution is 2.29. The lowest BCUT2D eigenvalue weighted by Gasteiger charge is -2.13. The summed E-state index contributed by atoms with van der Waals surface area (Å²) < 4.78 is 11.6. The zero-order chi connectivity index (χ0) is 24.5. The topological polar surface area (TPSA) is 85.7 Å². The van der Waals surface area contributed by atoms with E-state index in [1.807, 2.05) is 69.3 Å². The number of rotatable bonds is 10. The summed E-state index contributed by atoms with van der Waals surface area (Å²) in [5.41, 5.74) is 6.07. The lowest BCUT2D eigenvalue weighted by atomic mass is 10.2. The monoisotopic (exact) mass is 498 g/mol. The average molecular weight is 499 g/mol. The first-order chi connectivity index (χ1) is 16.3. The Morgan fingerprint density at radius 3 is 2.47 bits per heavy atom. The van der Waals surface area contributed by atoms with Crippen molar-refractivity contribution < 1.29 is 14.3 Å². The van der Waals surface area contributed by atoms with Crippen LogP contribution in [0.4, 0.5) is 0 Å². The number of carbonyl (C=O) groups is 1. The van der Waals surface area contributed by atoms with E-state index in [1.54, 1.807) is 13.1 Å². The first-order valence-corrected chi connectivity index (χ1v) is 12.1. The predicted octanol–water partition coefficient (Wildman–Crippen LogP) is 5.36. The van der Waals surface area contributed by atoms with E-state index in [0.29, 0.717) is 34.9 Å². The van der Waals surface area contributed by atoms with Crippen molar-refractivity contribution in [2.45, 2.75) is 44.7 Å². The molecule has 0 aliphatic heterocycles. The molecule has 2 aromatic carbocycles. The molecular formula is C25H27ClN4O3S. The zero-order valence-electron chi connectivity index (χ0n) is 19.5. The molecule has 0 aliphatic rings. The number of aromatic nitrogens is 2. The summed E-state index contributed by atoms with van der Waals surface area (Å²) in [5.74, 6) is 0.982. The molecule has 0 spiro atoms. The van der Waals surface area contributed by atoms with Crippen LogP contribution in [0.25, 0.3) is 0 Å². The van der Waals surface area contributed by atoms with Gasteiger partial charge in [-0.05, 0) is 75.2 Å². The van der Waals surface area contributed by atoms with E-state index in [9.17, 15) is 4.79 Å². The summed E-state index contributed by atoms with van der Waals surface area (Å²) >= 11 is 7.22. The molecule has 178 valence electrons. The third kappa shape index (κ3) is 7.74. The minimum absolute atomic E-state index is 0.239. The van der Waals surface area contributed by atoms with Crippen LogP contribution >= 0.6 is 23.4 Å². The summed E-state index contributed by atoms with van der Waals surface area (Å²) in [6.45, 7) is 8.37. The molecule has 1 N–H and O–H groups in total. The molecule has 0 aliphatic carbocycles. The second kappa shape index (κ2) is 12.4. The molecule has 1 heterocycles. The van der Waals surface area contributed by atoms with Gasteiger partial charge in [-0.15, -0.1) is 0 Å². The third-order valence-corrected chi connectivity index (χ3v) is 5.79. The molecule has 7 nitrogen and oxygen atoms in total. The van der Waals surface area contributed by atoms with Gasteiger partial charge in [-0.3, -0.25) is 4.79 Å². The number of hydrazone groups is 1. The molecule has 1 aromatic heterocycles. The summed E-state index contributed by atoms with van der Waals surface area (Å²) in [6, 6.07) is 14.9. The molecule has 0 saturated heterocycles. The van der Waals surface area contributed by atoms with Crippen LogP contribution in [0.2, 0.25) is 5.02 Å². The molecule has 3 rings (SSSR count). The summed E-state index contributed by atoms with van der Waals surface area (Å²) in [6.07, 6.45) is 1.56. The van der Waals surface area contributed by atoms with Gasteiger partial charge in [0.05, 0.1) is 18.1 Å². The van der Waals surface area contributed by atoms with E-state index in [1.165, 1.54) is 11.8 Å². The third-order valence-electron chi connectivity index (χ3n) is 4.58. The van der Waals surface area contributed by atoms with E-state index in [-0.39, 0.29) is 5.91 Å². The van der Waals surface area contributed by atoms with Gasteiger partial charge in [0.15, 0.2) is 16.7 Å². The first kappa shape index (κ1) is 25.5. The van der Waals surface area contributed by atoms with Crippen LogP contribution in [-0.4, -0.2) is 33.9 Å². The lowest BCUT2D eigenvalue weighted by molar-refractivity contribution is -0.120. The Balaban J connectivity index is 1.59. The molecule has 0 radical (unpaired) electrons.